The van der Waals surface area contributed by atoms with Gasteiger partial charge in [0.1, 0.15) is 11.1 Å². The van der Waals surface area contributed by atoms with Crippen LogP contribution in [-0.2, 0) is 26.3 Å². The summed E-state index contributed by atoms with van der Waals surface area (Å²) >= 11 is 6.59. The number of ether oxygens (including phenoxy) is 1. The fourth-order valence-corrected chi connectivity index (χ4v) is 9.03. The largest absolute Gasteiger partial charge is 0.478 e. The van der Waals surface area contributed by atoms with Gasteiger partial charge in [-0.3, -0.25) is 48.7 Å². The molecule has 5 amide bonds. The number of fused-ring (bicyclic) bond motifs is 2. The predicted molar refractivity (Wildman–Crippen MR) is 226 cm³/mol. The van der Waals surface area contributed by atoms with Crippen molar-refractivity contribution in [1.29, 1.82) is 0 Å². The topological polar surface area (TPSA) is 201 Å². The normalized spacial score (nSPS) is 19.0. The van der Waals surface area contributed by atoms with E-state index in [9.17, 15) is 28.8 Å². The SMILES string of the molecule is CONC(=O)COc1cc2cc(Nc3nc(N4CCN(C(C)(C)C5CCN(c6ccc7c(c6)C(=O)N(C6CCC(=O)NC6=O)C7=O)CC5)CC4)ncc3Cl)ccc2n(C)c1=O. The fraction of sp³-hybridized carbons (Fsp3) is 0.429. The third-order valence-electron chi connectivity index (χ3n) is 12.4. The smallest absolute Gasteiger partial charge is 0.293 e. The molecule has 2 aromatic heterocycles. The summed E-state index contributed by atoms with van der Waals surface area (Å²) in [5.74, 6) is -1.14. The molecule has 1 unspecified atom stereocenters. The van der Waals surface area contributed by atoms with Gasteiger partial charge in [0.05, 0.1) is 30.0 Å². The summed E-state index contributed by atoms with van der Waals surface area (Å²) in [5.41, 5.74) is 4.46. The second kappa shape index (κ2) is 16.7. The Balaban J connectivity index is 0.873. The molecule has 4 aliphatic heterocycles. The molecule has 0 saturated carbocycles. The average Bonchev–Trinajstić information content (AvgIpc) is 3.50. The monoisotopic (exact) mass is 854 g/mol. The Morgan fingerprint density at radius 1 is 0.918 bits per heavy atom. The first-order chi connectivity index (χ1) is 29.2. The van der Waals surface area contributed by atoms with Crippen LogP contribution < -0.4 is 36.2 Å². The highest BCUT2D eigenvalue weighted by atomic mass is 35.5. The molecule has 3 saturated heterocycles. The third kappa shape index (κ3) is 8.09. The number of nitrogens with zero attached hydrogens (tertiary/aromatic N) is 7. The van der Waals surface area contributed by atoms with E-state index in [-0.39, 0.29) is 47.4 Å². The number of benzene rings is 2. The molecule has 8 rings (SSSR count). The van der Waals surface area contributed by atoms with E-state index in [0.29, 0.717) is 39.3 Å². The van der Waals surface area contributed by atoms with Crippen molar-refractivity contribution in [2.75, 3.05) is 68.1 Å². The highest BCUT2D eigenvalue weighted by molar-refractivity contribution is 6.33. The Hall–Kier alpha value is -6.11. The lowest BCUT2D eigenvalue weighted by atomic mass is 9.78. The predicted octanol–water partition coefficient (Wildman–Crippen LogP) is 3.00. The summed E-state index contributed by atoms with van der Waals surface area (Å²) in [5, 5.41) is 6.58. The molecule has 3 fully saturated rings. The minimum Gasteiger partial charge on any atom is -0.478 e. The molecule has 0 aliphatic carbocycles. The number of nitrogens with one attached hydrogen (secondary N) is 3. The molecule has 0 bridgehead atoms. The highest BCUT2D eigenvalue weighted by Crippen LogP contribution is 2.37. The van der Waals surface area contributed by atoms with Gasteiger partial charge in [-0.15, -0.1) is 0 Å². The van der Waals surface area contributed by atoms with Gasteiger partial charge < -0.3 is 24.4 Å². The number of pyridine rings is 1. The number of aryl methyl sites for hydroxylation is 1. The minimum atomic E-state index is -0.994. The molecule has 4 aromatic rings. The van der Waals surface area contributed by atoms with Crippen LogP contribution in [0.1, 0.15) is 60.2 Å². The van der Waals surface area contributed by atoms with Crippen molar-refractivity contribution in [2.45, 2.75) is 51.1 Å². The molecule has 2 aromatic carbocycles. The van der Waals surface area contributed by atoms with Gasteiger partial charge in [-0.1, -0.05) is 11.6 Å². The standard InChI is InChI=1S/C42H47ClN10O8/c1-42(2,25-11-13-50(14-12-25)27-6-7-28-29(21-27)39(58)53(38(28)57)32-9-10-34(54)46-37(32)56)52-17-15-51(16-18-52)41-44-22-30(43)36(47-41)45-26-5-8-31-24(19-26)20-33(40(59)49(31)3)61-23-35(55)48-60-4/h5-8,19-22,25,32H,9-18,23H2,1-4H3,(H,48,55)(H,44,45,47)(H,46,54,56). The second-order valence-corrected chi connectivity index (χ2v) is 16.6. The maximum atomic E-state index is 13.4. The van der Waals surface area contributed by atoms with Crippen LogP contribution >= 0.6 is 11.6 Å². The van der Waals surface area contributed by atoms with Gasteiger partial charge in [0.2, 0.25) is 17.8 Å². The lowest BCUT2D eigenvalue weighted by Gasteiger charge is -2.50. The van der Waals surface area contributed by atoms with Gasteiger partial charge in [0.25, 0.3) is 23.3 Å². The quantitative estimate of drug-likeness (QED) is 0.147. The van der Waals surface area contributed by atoms with Crippen molar-refractivity contribution < 1.29 is 33.5 Å². The number of imide groups is 2. The van der Waals surface area contributed by atoms with Crippen LogP contribution in [0.4, 0.5) is 23.1 Å². The number of carbonyl (C=O) groups excluding carboxylic acids is 5. The number of hydroxylamine groups is 1. The number of hydrogen-bond acceptors (Lipinski definition) is 14. The number of amides is 5. The van der Waals surface area contributed by atoms with Crippen LogP contribution in [0.25, 0.3) is 10.9 Å². The van der Waals surface area contributed by atoms with E-state index < -0.39 is 35.6 Å². The first-order valence-corrected chi connectivity index (χ1v) is 20.6. The Labute approximate surface area is 356 Å². The molecule has 320 valence electrons. The number of halogens is 1. The van der Waals surface area contributed by atoms with Gasteiger partial charge in [0.15, 0.2) is 18.2 Å². The van der Waals surface area contributed by atoms with Crippen molar-refractivity contribution in [3.05, 3.63) is 75.2 Å². The second-order valence-electron chi connectivity index (χ2n) is 16.2. The molecule has 0 radical (unpaired) electrons. The van der Waals surface area contributed by atoms with Gasteiger partial charge in [-0.2, -0.15) is 4.98 Å². The first-order valence-electron chi connectivity index (χ1n) is 20.2. The van der Waals surface area contributed by atoms with Gasteiger partial charge in [-0.05, 0) is 81.5 Å². The van der Waals surface area contributed by atoms with Gasteiger partial charge in [-0.25, -0.2) is 10.5 Å². The molecule has 19 heteroatoms. The van der Waals surface area contributed by atoms with Crippen LogP contribution in [0.2, 0.25) is 5.02 Å². The minimum absolute atomic E-state index is 0.0182. The Kier molecular flexibility index (Phi) is 11.4. The number of aromatic nitrogens is 3. The van der Waals surface area contributed by atoms with Crippen molar-refractivity contribution in [3.63, 3.8) is 0 Å². The Morgan fingerprint density at radius 3 is 2.38 bits per heavy atom. The fourth-order valence-electron chi connectivity index (χ4n) is 8.90. The maximum absolute atomic E-state index is 13.4. The number of rotatable bonds is 11. The number of anilines is 4. The van der Waals surface area contributed by atoms with Crippen molar-refractivity contribution in [1.82, 2.24) is 35.1 Å². The number of carbonyl (C=O) groups is 5. The van der Waals surface area contributed by atoms with E-state index in [1.807, 2.05) is 18.2 Å². The zero-order chi connectivity index (χ0) is 43.2. The van der Waals surface area contributed by atoms with Crippen molar-refractivity contribution >= 4 is 75.2 Å². The number of hydrogen-bond donors (Lipinski definition) is 3. The van der Waals surface area contributed by atoms with E-state index >= 15 is 0 Å². The molecule has 0 spiro atoms. The van der Waals surface area contributed by atoms with E-state index in [1.54, 1.807) is 37.5 Å². The lowest BCUT2D eigenvalue weighted by molar-refractivity contribution is -0.136. The number of piperazine rings is 1. The van der Waals surface area contributed by atoms with Crippen molar-refractivity contribution in [2.24, 2.45) is 13.0 Å². The lowest BCUT2D eigenvalue weighted by Crippen LogP contribution is -2.59. The van der Waals surface area contributed by atoms with Crippen LogP contribution in [0.5, 0.6) is 5.75 Å². The zero-order valence-corrected chi connectivity index (χ0v) is 35.1. The average molecular weight is 855 g/mol. The first kappa shape index (κ1) is 41.6. The van der Waals surface area contributed by atoms with Crippen LogP contribution in [-0.4, -0.2) is 118 Å². The molecule has 18 nitrogen and oxygen atoms in total. The summed E-state index contributed by atoms with van der Waals surface area (Å²) in [6.45, 7) is 8.87. The zero-order valence-electron chi connectivity index (χ0n) is 34.3. The Morgan fingerprint density at radius 2 is 1.66 bits per heavy atom. The molecule has 61 heavy (non-hydrogen) atoms. The summed E-state index contributed by atoms with van der Waals surface area (Å²) in [6, 6.07) is 11.4. The molecule has 6 heterocycles. The van der Waals surface area contributed by atoms with E-state index in [0.717, 1.165) is 62.7 Å². The molecular formula is C42H47ClN10O8. The van der Waals surface area contributed by atoms with E-state index in [1.165, 1.54) is 11.7 Å². The van der Waals surface area contributed by atoms with E-state index in [2.05, 4.69) is 54.5 Å². The summed E-state index contributed by atoms with van der Waals surface area (Å²) in [6.07, 6.45) is 3.67. The third-order valence-corrected chi connectivity index (χ3v) is 12.7. The molecule has 3 N–H and O–H groups in total. The number of piperidine rings is 2. The summed E-state index contributed by atoms with van der Waals surface area (Å²) < 4.78 is 6.94. The van der Waals surface area contributed by atoms with E-state index in [4.69, 9.17) is 21.3 Å². The van der Waals surface area contributed by atoms with Gasteiger partial charge >= 0.3 is 0 Å². The molecule has 1 atom stereocenters. The van der Waals surface area contributed by atoms with Crippen molar-refractivity contribution in [3.8, 4) is 5.75 Å². The summed E-state index contributed by atoms with van der Waals surface area (Å²) in [7, 11) is 2.94. The summed E-state index contributed by atoms with van der Waals surface area (Å²) in [4.78, 5) is 97.4. The maximum Gasteiger partial charge on any atom is 0.293 e. The molecule has 4 aliphatic rings. The molecular weight excluding hydrogens is 808 g/mol. The highest BCUT2D eigenvalue weighted by Gasteiger charge is 2.45. The van der Waals surface area contributed by atoms with Gasteiger partial charge in [0, 0.05) is 75.0 Å². The van der Waals surface area contributed by atoms with Crippen LogP contribution in [0.15, 0.2) is 53.5 Å². The Bertz CT molecular complexity index is 2500. The van der Waals surface area contributed by atoms with Crippen LogP contribution in [0, 0.1) is 5.92 Å². The van der Waals surface area contributed by atoms with Crippen LogP contribution in [0.3, 0.4) is 0 Å².